The summed E-state index contributed by atoms with van der Waals surface area (Å²) in [6.45, 7) is 0.428. The molecular formula is C23H17BrN2O2. The van der Waals surface area contributed by atoms with E-state index in [1.807, 2.05) is 72.8 Å². The zero-order chi connectivity index (χ0) is 19.5. The van der Waals surface area contributed by atoms with Gasteiger partial charge in [0.05, 0.1) is 5.92 Å². The number of nitriles is 1. The quantitative estimate of drug-likeness (QED) is 0.611. The number of ether oxygens (including phenoxy) is 2. The minimum Gasteiger partial charge on any atom is -0.489 e. The van der Waals surface area contributed by atoms with Crippen LogP contribution in [0.15, 0.2) is 88.7 Å². The molecule has 1 aliphatic heterocycles. The molecule has 1 unspecified atom stereocenters. The Hall–Kier alpha value is -3.23. The Morgan fingerprint density at radius 3 is 2.54 bits per heavy atom. The van der Waals surface area contributed by atoms with E-state index in [0.717, 1.165) is 21.2 Å². The Kier molecular flexibility index (Phi) is 5.05. The number of benzene rings is 3. The molecule has 138 valence electrons. The van der Waals surface area contributed by atoms with Crippen molar-refractivity contribution in [3.63, 3.8) is 0 Å². The maximum atomic E-state index is 9.61. The first-order valence-electron chi connectivity index (χ1n) is 8.80. The molecule has 0 saturated heterocycles. The summed E-state index contributed by atoms with van der Waals surface area (Å²) in [5, 5.41) is 9.61. The van der Waals surface area contributed by atoms with Crippen molar-refractivity contribution in [2.75, 3.05) is 0 Å². The standard InChI is InChI=1S/C23H17BrN2O2/c24-20-9-5-4-8-16(20)14-27-17-10-11-18-21(12-17)28-23(26)19(13-25)22(18)15-6-2-1-3-7-15/h1-12,22H,14,26H2. The normalized spacial score (nSPS) is 15.4. The van der Waals surface area contributed by atoms with Crippen LogP contribution < -0.4 is 15.2 Å². The van der Waals surface area contributed by atoms with Crippen LogP contribution in [-0.2, 0) is 6.61 Å². The predicted molar refractivity (Wildman–Crippen MR) is 111 cm³/mol. The second-order valence-corrected chi connectivity index (χ2v) is 7.27. The summed E-state index contributed by atoms with van der Waals surface area (Å²) >= 11 is 3.53. The highest BCUT2D eigenvalue weighted by Gasteiger charge is 2.30. The van der Waals surface area contributed by atoms with Crippen LogP contribution in [0, 0.1) is 11.3 Å². The molecule has 1 aliphatic rings. The van der Waals surface area contributed by atoms with Gasteiger partial charge in [-0.15, -0.1) is 0 Å². The third kappa shape index (κ3) is 3.47. The van der Waals surface area contributed by atoms with Crippen molar-refractivity contribution in [1.29, 1.82) is 5.26 Å². The van der Waals surface area contributed by atoms with Gasteiger partial charge in [0.2, 0.25) is 5.88 Å². The van der Waals surface area contributed by atoms with Crippen molar-refractivity contribution in [2.45, 2.75) is 12.5 Å². The van der Waals surface area contributed by atoms with Gasteiger partial charge >= 0.3 is 0 Å². The van der Waals surface area contributed by atoms with Gasteiger partial charge in [-0.25, -0.2) is 0 Å². The van der Waals surface area contributed by atoms with Crippen LogP contribution >= 0.6 is 15.9 Å². The average Bonchev–Trinajstić information content (AvgIpc) is 2.72. The molecule has 5 heteroatoms. The molecule has 0 amide bonds. The fourth-order valence-corrected chi connectivity index (χ4v) is 3.69. The van der Waals surface area contributed by atoms with Crippen LogP contribution in [0.3, 0.4) is 0 Å². The highest BCUT2D eigenvalue weighted by Crippen LogP contribution is 2.43. The fraction of sp³-hybridized carbons (Fsp3) is 0.0870. The lowest BCUT2D eigenvalue weighted by molar-refractivity contribution is 0.302. The highest BCUT2D eigenvalue weighted by molar-refractivity contribution is 9.10. The molecule has 2 N–H and O–H groups in total. The Balaban J connectivity index is 1.66. The number of nitrogens with zero attached hydrogens (tertiary/aromatic N) is 1. The highest BCUT2D eigenvalue weighted by atomic mass is 79.9. The monoisotopic (exact) mass is 432 g/mol. The Morgan fingerprint density at radius 1 is 1.04 bits per heavy atom. The lowest BCUT2D eigenvalue weighted by Gasteiger charge is -2.26. The molecule has 4 rings (SSSR count). The van der Waals surface area contributed by atoms with E-state index in [4.69, 9.17) is 15.2 Å². The van der Waals surface area contributed by atoms with Gasteiger partial charge in [0.1, 0.15) is 29.7 Å². The van der Waals surface area contributed by atoms with Gasteiger partial charge in [-0.05, 0) is 17.7 Å². The Bertz CT molecular complexity index is 1090. The molecule has 3 aromatic carbocycles. The van der Waals surface area contributed by atoms with Crippen molar-refractivity contribution < 1.29 is 9.47 Å². The molecule has 3 aromatic rings. The van der Waals surface area contributed by atoms with E-state index in [2.05, 4.69) is 22.0 Å². The summed E-state index contributed by atoms with van der Waals surface area (Å²) < 4.78 is 12.7. The Labute approximate surface area is 172 Å². The summed E-state index contributed by atoms with van der Waals surface area (Å²) in [5.74, 6) is 1.16. The molecule has 0 saturated carbocycles. The summed E-state index contributed by atoms with van der Waals surface area (Å²) in [5.41, 5.74) is 9.41. The third-order valence-corrected chi connectivity index (χ3v) is 5.45. The number of nitrogens with two attached hydrogens (primary N) is 1. The zero-order valence-corrected chi connectivity index (χ0v) is 16.5. The number of hydrogen-bond acceptors (Lipinski definition) is 4. The van der Waals surface area contributed by atoms with Gasteiger partial charge in [0.15, 0.2) is 0 Å². The second-order valence-electron chi connectivity index (χ2n) is 6.42. The summed E-state index contributed by atoms with van der Waals surface area (Å²) in [7, 11) is 0. The molecule has 0 fully saturated rings. The molecule has 0 radical (unpaired) electrons. The number of hydrogen-bond donors (Lipinski definition) is 1. The van der Waals surface area contributed by atoms with Crippen LogP contribution in [0.5, 0.6) is 11.5 Å². The lowest BCUT2D eigenvalue weighted by atomic mass is 9.83. The Morgan fingerprint density at radius 2 is 1.79 bits per heavy atom. The minimum absolute atomic E-state index is 0.131. The van der Waals surface area contributed by atoms with E-state index in [-0.39, 0.29) is 11.8 Å². The van der Waals surface area contributed by atoms with Crippen molar-refractivity contribution >= 4 is 15.9 Å². The van der Waals surface area contributed by atoms with Crippen LogP contribution in [-0.4, -0.2) is 0 Å². The fourth-order valence-electron chi connectivity index (χ4n) is 3.29. The molecule has 0 aliphatic carbocycles. The van der Waals surface area contributed by atoms with Gasteiger partial charge in [-0.2, -0.15) is 5.26 Å². The summed E-state index contributed by atoms with van der Waals surface area (Å²) in [4.78, 5) is 0. The second kappa shape index (κ2) is 7.79. The summed E-state index contributed by atoms with van der Waals surface area (Å²) in [6, 6.07) is 25.6. The first-order chi connectivity index (χ1) is 13.7. The van der Waals surface area contributed by atoms with E-state index in [0.29, 0.717) is 23.7 Å². The largest absolute Gasteiger partial charge is 0.489 e. The lowest BCUT2D eigenvalue weighted by Crippen LogP contribution is -2.21. The SMILES string of the molecule is N#CC1=C(N)Oc2cc(OCc3ccccc3Br)ccc2C1c1ccccc1. The smallest absolute Gasteiger partial charge is 0.205 e. The molecule has 0 bridgehead atoms. The van der Waals surface area contributed by atoms with Gasteiger partial charge in [0, 0.05) is 21.7 Å². The van der Waals surface area contributed by atoms with Gasteiger partial charge in [0.25, 0.3) is 0 Å². The minimum atomic E-state index is -0.257. The molecule has 1 atom stereocenters. The van der Waals surface area contributed by atoms with E-state index in [1.165, 1.54) is 0 Å². The maximum absolute atomic E-state index is 9.61. The van der Waals surface area contributed by atoms with Crippen molar-refractivity contribution in [2.24, 2.45) is 5.73 Å². The first-order valence-corrected chi connectivity index (χ1v) is 9.59. The van der Waals surface area contributed by atoms with Crippen molar-refractivity contribution in [1.82, 2.24) is 0 Å². The van der Waals surface area contributed by atoms with Crippen molar-refractivity contribution in [3.8, 4) is 17.6 Å². The average molecular weight is 433 g/mol. The van der Waals surface area contributed by atoms with Crippen LogP contribution in [0.2, 0.25) is 0 Å². The number of rotatable bonds is 4. The maximum Gasteiger partial charge on any atom is 0.205 e. The zero-order valence-electron chi connectivity index (χ0n) is 14.9. The van der Waals surface area contributed by atoms with Gasteiger partial charge in [-0.1, -0.05) is 70.5 Å². The van der Waals surface area contributed by atoms with E-state index in [9.17, 15) is 5.26 Å². The van der Waals surface area contributed by atoms with Gasteiger partial charge < -0.3 is 15.2 Å². The van der Waals surface area contributed by atoms with Crippen LogP contribution in [0.25, 0.3) is 0 Å². The van der Waals surface area contributed by atoms with E-state index >= 15 is 0 Å². The number of halogens is 1. The number of allylic oxidation sites excluding steroid dienone is 1. The third-order valence-electron chi connectivity index (χ3n) is 4.68. The number of fused-ring (bicyclic) bond motifs is 1. The predicted octanol–water partition coefficient (Wildman–Crippen LogP) is 5.25. The molecule has 0 aromatic heterocycles. The van der Waals surface area contributed by atoms with Crippen molar-refractivity contribution in [3.05, 3.63) is 105 Å². The van der Waals surface area contributed by atoms with E-state index in [1.54, 1.807) is 0 Å². The molecule has 28 heavy (non-hydrogen) atoms. The first kappa shape index (κ1) is 18.1. The summed E-state index contributed by atoms with van der Waals surface area (Å²) in [6.07, 6.45) is 0. The molecular weight excluding hydrogens is 416 g/mol. The topological polar surface area (TPSA) is 68.3 Å². The van der Waals surface area contributed by atoms with E-state index < -0.39 is 0 Å². The van der Waals surface area contributed by atoms with Crippen LogP contribution in [0.1, 0.15) is 22.6 Å². The van der Waals surface area contributed by atoms with Gasteiger partial charge in [-0.3, -0.25) is 0 Å². The van der Waals surface area contributed by atoms with Crippen LogP contribution in [0.4, 0.5) is 0 Å². The molecule has 4 nitrogen and oxygen atoms in total. The molecule has 0 spiro atoms. The molecule has 1 heterocycles.